The lowest BCUT2D eigenvalue weighted by molar-refractivity contribution is -0.0509. The van der Waals surface area contributed by atoms with E-state index < -0.39 is 0 Å². The van der Waals surface area contributed by atoms with Gasteiger partial charge in [0.25, 0.3) is 0 Å². The van der Waals surface area contributed by atoms with E-state index >= 15 is 0 Å². The summed E-state index contributed by atoms with van der Waals surface area (Å²) in [5.41, 5.74) is 1.36. The molecule has 1 aliphatic carbocycles. The third-order valence-electron chi connectivity index (χ3n) is 4.33. The van der Waals surface area contributed by atoms with Crippen LogP contribution in [-0.4, -0.2) is 25.8 Å². The Bertz CT molecular complexity index is 229. The van der Waals surface area contributed by atoms with Crippen LogP contribution in [0.5, 0.6) is 0 Å². The van der Waals surface area contributed by atoms with Crippen molar-refractivity contribution in [1.82, 2.24) is 5.32 Å². The quantitative estimate of drug-likeness (QED) is 0.564. The number of hydrogen-bond donors (Lipinski definition) is 1. The molecule has 0 saturated heterocycles. The van der Waals surface area contributed by atoms with Gasteiger partial charge in [-0.1, -0.05) is 44.8 Å². The van der Waals surface area contributed by atoms with E-state index in [1.165, 1.54) is 44.1 Å². The van der Waals surface area contributed by atoms with Crippen LogP contribution in [0.1, 0.15) is 58.3 Å². The molecule has 0 radical (unpaired) electrons. The molecule has 1 rings (SSSR count). The van der Waals surface area contributed by atoms with Crippen molar-refractivity contribution in [3.05, 3.63) is 12.2 Å². The summed E-state index contributed by atoms with van der Waals surface area (Å²) in [7, 11) is 3.93. The van der Waals surface area contributed by atoms with Gasteiger partial charge in [0.15, 0.2) is 0 Å². The van der Waals surface area contributed by atoms with Crippen molar-refractivity contribution in [2.45, 2.75) is 69.9 Å². The van der Waals surface area contributed by atoms with Crippen LogP contribution in [0.4, 0.5) is 0 Å². The first-order valence-corrected chi connectivity index (χ1v) is 7.07. The fourth-order valence-corrected chi connectivity index (χ4v) is 3.01. The van der Waals surface area contributed by atoms with Crippen LogP contribution in [0.15, 0.2) is 12.2 Å². The summed E-state index contributed by atoms with van der Waals surface area (Å²) >= 11 is 0. The second kappa shape index (κ2) is 7.17. The van der Waals surface area contributed by atoms with Gasteiger partial charge in [0, 0.05) is 13.2 Å². The molecular weight excluding hydrogens is 210 g/mol. The SMILES string of the molecule is C=C(CC)CC(NC)C1(OC)CCCCCC1. The summed E-state index contributed by atoms with van der Waals surface area (Å²) < 4.78 is 5.95. The Morgan fingerprint density at radius 1 is 1.29 bits per heavy atom. The van der Waals surface area contributed by atoms with E-state index in [2.05, 4.69) is 25.9 Å². The van der Waals surface area contributed by atoms with E-state index in [0.717, 1.165) is 12.8 Å². The summed E-state index contributed by atoms with van der Waals surface area (Å²) in [4.78, 5) is 0. The fourth-order valence-electron chi connectivity index (χ4n) is 3.01. The molecule has 1 atom stereocenters. The Balaban J connectivity index is 2.75. The Hall–Kier alpha value is -0.340. The summed E-state index contributed by atoms with van der Waals surface area (Å²) in [6.45, 7) is 6.33. The number of likely N-dealkylation sites (N-methyl/N-ethyl adjacent to an activating group) is 1. The minimum absolute atomic E-state index is 0.0311. The van der Waals surface area contributed by atoms with Gasteiger partial charge in [-0.15, -0.1) is 0 Å². The fraction of sp³-hybridized carbons (Fsp3) is 0.867. The van der Waals surface area contributed by atoms with Gasteiger partial charge in [-0.2, -0.15) is 0 Å². The second-order valence-electron chi connectivity index (χ2n) is 5.33. The van der Waals surface area contributed by atoms with Crippen molar-refractivity contribution in [2.24, 2.45) is 0 Å². The Labute approximate surface area is 107 Å². The number of hydrogen-bond acceptors (Lipinski definition) is 2. The first-order chi connectivity index (χ1) is 8.18. The van der Waals surface area contributed by atoms with E-state index in [4.69, 9.17) is 4.74 Å². The number of rotatable bonds is 6. The molecule has 0 bridgehead atoms. The lowest BCUT2D eigenvalue weighted by atomic mass is 9.82. The van der Waals surface area contributed by atoms with E-state index in [0.29, 0.717) is 6.04 Å². The highest BCUT2D eigenvalue weighted by Crippen LogP contribution is 2.35. The van der Waals surface area contributed by atoms with Crippen LogP contribution < -0.4 is 5.32 Å². The Kier molecular flexibility index (Phi) is 6.21. The topological polar surface area (TPSA) is 21.3 Å². The molecule has 1 aliphatic rings. The Morgan fingerprint density at radius 3 is 2.29 bits per heavy atom. The molecule has 1 saturated carbocycles. The summed E-state index contributed by atoms with van der Waals surface area (Å²) in [6, 6.07) is 0.415. The van der Waals surface area contributed by atoms with Crippen LogP contribution >= 0.6 is 0 Å². The maximum Gasteiger partial charge on any atom is 0.0834 e. The molecule has 1 unspecified atom stereocenters. The van der Waals surface area contributed by atoms with Gasteiger partial charge >= 0.3 is 0 Å². The van der Waals surface area contributed by atoms with E-state index in [-0.39, 0.29) is 5.60 Å². The van der Waals surface area contributed by atoms with Gasteiger partial charge in [-0.3, -0.25) is 0 Å². The minimum atomic E-state index is 0.0311. The zero-order valence-corrected chi connectivity index (χ0v) is 11.8. The highest BCUT2D eigenvalue weighted by Gasteiger charge is 2.38. The van der Waals surface area contributed by atoms with Crippen molar-refractivity contribution >= 4 is 0 Å². The maximum atomic E-state index is 5.95. The predicted molar refractivity (Wildman–Crippen MR) is 74.3 cm³/mol. The molecule has 0 spiro atoms. The van der Waals surface area contributed by atoms with Crippen LogP contribution in [0.25, 0.3) is 0 Å². The standard InChI is InChI=1S/C15H29NO/c1-5-13(2)12-14(16-3)15(17-4)10-8-6-7-9-11-15/h14,16H,2,5-12H2,1,3-4H3. The van der Waals surface area contributed by atoms with Gasteiger partial charge in [-0.05, 0) is 32.7 Å². The van der Waals surface area contributed by atoms with Gasteiger partial charge in [0.1, 0.15) is 0 Å². The predicted octanol–water partition coefficient (Wildman–Crippen LogP) is 3.67. The smallest absolute Gasteiger partial charge is 0.0834 e. The zero-order valence-electron chi connectivity index (χ0n) is 11.8. The molecule has 0 amide bonds. The normalized spacial score (nSPS) is 21.8. The van der Waals surface area contributed by atoms with Gasteiger partial charge < -0.3 is 10.1 Å². The van der Waals surface area contributed by atoms with Crippen LogP contribution in [-0.2, 0) is 4.74 Å². The van der Waals surface area contributed by atoms with Gasteiger partial charge in [-0.25, -0.2) is 0 Å². The molecule has 17 heavy (non-hydrogen) atoms. The highest BCUT2D eigenvalue weighted by atomic mass is 16.5. The molecule has 2 heteroatoms. The van der Waals surface area contributed by atoms with Crippen molar-refractivity contribution in [2.75, 3.05) is 14.2 Å². The molecule has 1 fully saturated rings. The number of methoxy groups -OCH3 is 1. The van der Waals surface area contributed by atoms with Crippen molar-refractivity contribution in [3.8, 4) is 0 Å². The van der Waals surface area contributed by atoms with E-state index in [1.807, 2.05) is 7.11 Å². The van der Waals surface area contributed by atoms with Crippen molar-refractivity contribution in [3.63, 3.8) is 0 Å². The molecule has 100 valence electrons. The third-order valence-corrected chi connectivity index (χ3v) is 4.33. The van der Waals surface area contributed by atoms with Gasteiger partial charge in [0.05, 0.1) is 5.60 Å². The third kappa shape index (κ3) is 3.82. The van der Waals surface area contributed by atoms with Crippen LogP contribution in [0.2, 0.25) is 0 Å². The van der Waals surface area contributed by atoms with E-state index in [9.17, 15) is 0 Å². The molecule has 0 aromatic rings. The zero-order chi connectivity index (χ0) is 12.7. The Morgan fingerprint density at radius 2 is 1.88 bits per heavy atom. The van der Waals surface area contributed by atoms with Crippen molar-refractivity contribution < 1.29 is 4.74 Å². The van der Waals surface area contributed by atoms with Crippen molar-refractivity contribution in [1.29, 1.82) is 0 Å². The summed E-state index contributed by atoms with van der Waals surface area (Å²) in [5, 5.41) is 3.47. The lowest BCUT2D eigenvalue weighted by Gasteiger charge is -2.39. The monoisotopic (exact) mass is 239 g/mol. The molecular formula is C15H29NO. The average Bonchev–Trinajstić information content (AvgIpc) is 2.61. The van der Waals surface area contributed by atoms with Crippen LogP contribution in [0, 0.1) is 0 Å². The summed E-state index contributed by atoms with van der Waals surface area (Å²) in [5.74, 6) is 0. The number of ether oxygens (including phenoxy) is 1. The largest absolute Gasteiger partial charge is 0.377 e. The minimum Gasteiger partial charge on any atom is -0.377 e. The summed E-state index contributed by atoms with van der Waals surface area (Å²) in [6.07, 6.45) is 9.79. The van der Waals surface area contributed by atoms with Crippen LogP contribution in [0.3, 0.4) is 0 Å². The highest BCUT2D eigenvalue weighted by molar-refractivity contribution is 5.04. The first kappa shape index (κ1) is 14.7. The second-order valence-corrected chi connectivity index (χ2v) is 5.33. The molecule has 0 aromatic carbocycles. The average molecular weight is 239 g/mol. The molecule has 0 heterocycles. The molecule has 1 N–H and O–H groups in total. The van der Waals surface area contributed by atoms with Gasteiger partial charge in [0.2, 0.25) is 0 Å². The maximum absolute atomic E-state index is 5.95. The van der Waals surface area contributed by atoms with E-state index in [1.54, 1.807) is 0 Å². The number of nitrogens with one attached hydrogen (secondary N) is 1. The lowest BCUT2D eigenvalue weighted by Crippen LogP contribution is -2.51. The molecule has 0 aliphatic heterocycles. The first-order valence-electron chi connectivity index (χ1n) is 7.07. The molecule has 2 nitrogen and oxygen atoms in total. The molecule has 0 aromatic heterocycles.